The molecule has 0 saturated carbocycles. The van der Waals surface area contributed by atoms with Gasteiger partial charge in [-0.15, -0.1) is 0 Å². The van der Waals surface area contributed by atoms with Crippen molar-refractivity contribution in [3.8, 4) is 0 Å². The van der Waals surface area contributed by atoms with Crippen molar-refractivity contribution in [1.29, 1.82) is 0 Å². The number of benzene rings is 1. The van der Waals surface area contributed by atoms with E-state index in [0.717, 1.165) is 18.4 Å². The highest BCUT2D eigenvalue weighted by Crippen LogP contribution is 2.19. The monoisotopic (exact) mass is 226 g/mol. The van der Waals surface area contributed by atoms with Gasteiger partial charge in [-0.05, 0) is 17.5 Å². The molecule has 0 aromatic heterocycles. The number of hydrogen-bond acceptors (Lipinski definition) is 0. The van der Waals surface area contributed by atoms with Gasteiger partial charge in [0.15, 0.2) is 0 Å². The first-order valence-corrected chi connectivity index (χ1v) is 5.58. The molecule has 15 heavy (non-hydrogen) atoms. The quantitative estimate of drug-likeness (QED) is 0.703. The Morgan fingerprint density at radius 1 is 1.40 bits per heavy atom. The molecule has 0 bridgehead atoms. The second-order valence-corrected chi connectivity index (χ2v) is 4.12. The molecule has 0 saturated heterocycles. The van der Waals surface area contributed by atoms with Crippen molar-refractivity contribution in [2.24, 2.45) is 0 Å². The molecule has 1 aromatic carbocycles. The van der Waals surface area contributed by atoms with Crippen LogP contribution in [0.5, 0.6) is 0 Å². The van der Waals surface area contributed by atoms with Gasteiger partial charge in [-0.25, -0.2) is 4.39 Å². The average molecular weight is 227 g/mol. The molecule has 0 spiro atoms. The molecule has 0 aliphatic rings. The molecule has 0 nitrogen and oxygen atoms in total. The second-order valence-electron chi connectivity index (χ2n) is 3.64. The van der Waals surface area contributed by atoms with Crippen molar-refractivity contribution < 1.29 is 4.39 Å². The second kappa shape index (κ2) is 5.92. The lowest BCUT2D eigenvalue weighted by molar-refractivity contribution is 0.392. The van der Waals surface area contributed by atoms with E-state index in [1.807, 2.05) is 24.3 Å². The summed E-state index contributed by atoms with van der Waals surface area (Å²) in [5, 5.41) is 0.0845. The van der Waals surface area contributed by atoms with E-state index in [2.05, 4.69) is 13.5 Å². The minimum atomic E-state index is -1.15. The van der Waals surface area contributed by atoms with Gasteiger partial charge in [0.2, 0.25) is 0 Å². The largest absolute Gasteiger partial charge is 0.241 e. The number of alkyl halides is 1. The Bertz CT molecular complexity index is 333. The van der Waals surface area contributed by atoms with Crippen LogP contribution in [0.2, 0.25) is 0 Å². The van der Waals surface area contributed by atoms with Crippen LogP contribution in [0.3, 0.4) is 0 Å². The maximum absolute atomic E-state index is 13.4. The first-order chi connectivity index (χ1) is 7.15. The molecule has 0 radical (unpaired) electrons. The molecule has 0 N–H and O–H groups in total. The van der Waals surface area contributed by atoms with E-state index in [9.17, 15) is 4.39 Å². The molecule has 1 atom stereocenters. The van der Waals surface area contributed by atoms with Crippen molar-refractivity contribution in [3.63, 3.8) is 0 Å². The molecular formula is C13H16ClF. The fourth-order valence-corrected chi connectivity index (χ4v) is 1.65. The molecule has 0 heterocycles. The summed E-state index contributed by atoms with van der Waals surface area (Å²) in [6.07, 6.45) is 1.23. The molecule has 0 aliphatic carbocycles. The van der Waals surface area contributed by atoms with Crippen molar-refractivity contribution in [1.82, 2.24) is 0 Å². The SMILES string of the molecule is C=C(Cl)C(F)Cc1ccccc1CCC. The zero-order valence-electron chi connectivity index (χ0n) is 8.97. The van der Waals surface area contributed by atoms with Crippen LogP contribution in [0.25, 0.3) is 0 Å². The van der Waals surface area contributed by atoms with E-state index in [4.69, 9.17) is 11.6 Å². The van der Waals surface area contributed by atoms with Crippen LogP contribution < -0.4 is 0 Å². The maximum Gasteiger partial charge on any atom is 0.139 e. The van der Waals surface area contributed by atoms with Gasteiger partial charge in [0.1, 0.15) is 6.17 Å². The third kappa shape index (κ3) is 3.67. The van der Waals surface area contributed by atoms with Gasteiger partial charge in [-0.3, -0.25) is 0 Å². The van der Waals surface area contributed by atoms with E-state index in [-0.39, 0.29) is 5.03 Å². The lowest BCUT2D eigenvalue weighted by Gasteiger charge is -2.10. The number of rotatable bonds is 5. The Morgan fingerprint density at radius 2 is 2.00 bits per heavy atom. The van der Waals surface area contributed by atoms with E-state index in [0.29, 0.717) is 6.42 Å². The summed E-state index contributed by atoms with van der Waals surface area (Å²) in [5.74, 6) is 0. The number of allylic oxidation sites excluding steroid dienone is 1. The first-order valence-electron chi connectivity index (χ1n) is 5.20. The van der Waals surface area contributed by atoms with Crippen LogP contribution in [0, 0.1) is 0 Å². The van der Waals surface area contributed by atoms with Gasteiger partial charge in [-0.2, -0.15) is 0 Å². The highest BCUT2D eigenvalue weighted by Gasteiger charge is 2.11. The standard InChI is InChI=1S/C13H16ClF/c1-3-6-11-7-4-5-8-12(11)9-13(15)10(2)14/h4-5,7-8,13H,2-3,6,9H2,1H3. The van der Waals surface area contributed by atoms with E-state index in [1.54, 1.807) is 0 Å². The predicted molar refractivity (Wildman–Crippen MR) is 64.0 cm³/mol. The summed E-state index contributed by atoms with van der Waals surface area (Å²) in [7, 11) is 0. The predicted octanol–water partition coefficient (Wildman–Crippen LogP) is 4.27. The van der Waals surface area contributed by atoms with Crippen LogP contribution in [0.15, 0.2) is 35.9 Å². The van der Waals surface area contributed by atoms with Crippen LogP contribution in [-0.2, 0) is 12.8 Å². The van der Waals surface area contributed by atoms with Crippen LogP contribution in [-0.4, -0.2) is 6.17 Å². The summed E-state index contributed by atoms with van der Waals surface area (Å²) in [6, 6.07) is 7.91. The molecule has 1 rings (SSSR count). The molecule has 0 amide bonds. The van der Waals surface area contributed by atoms with Crippen molar-refractivity contribution in [3.05, 3.63) is 47.0 Å². The van der Waals surface area contributed by atoms with E-state index in [1.165, 1.54) is 5.56 Å². The maximum atomic E-state index is 13.4. The number of halogens is 2. The summed E-state index contributed by atoms with van der Waals surface area (Å²) in [4.78, 5) is 0. The molecule has 82 valence electrons. The Morgan fingerprint density at radius 3 is 2.53 bits per heavy atom. The highest BCUT2D eigenvalue weighted by atomic mass is 35.5. The lowest BCUT2D eigenvalue weighted by Crippen LogP contribution is -2.06. The minimum Gasteiger partial charge on any atom is -0.241 e. The van der Waals surface area contributed by atoms with E-state index < -0.39 is 6.17 Å². The van der Waals surface area contributed by atoms with Crippen molar-refractivity contribution in [2.75, 3.05) is 0 Å². The summed E-state index contributed by atoms with van der Waals surface area (Å²) in [5.41, 5.74) is 2.24. The Labute approximate surface area is 95.8 Å². The van der Waals surface area contributed by atoms with Gasteiger partial charge in [-0.1, -0.05) is 55.8 Å². The molecule has 1 unspecified atom stereocenters. The normalized spacial score (nSPS) is 12.5. The van der Waals surface area contributed by atoms with Gasteiger partial charge in [0.25, 0.3) is 0 Å². The summed E-state index contributed by atoms with van der Waals surface area (Å²) in [6.45, 7) is 5.53. The average Bonchev–Trinajstić information content (AvgIpc) is 2.21. The Hall–Kier alpha value is -0.820. The fraction of sp³-hybridized carbons (Fsp3) is 0.385. The van der Waals surface area contributed by atoms with E-state index >= 15 is 0 Å². The topological polar surface area (TPSA) is 0 Å². The van der Waals surface area contributed by atoms with Crippen molar-refractivity contribution >= 4 is 11.6 Å². The fourth-order valence-electron chi connectivity index (χ4n) is 1.57. The first kappa shape index (κ1) is 12.3. The zero-order valence-corrected chi connectivity index (χ0v) is 9.73. The van der Waals surface area contributed by atoms with Gasteiger partial charge < -0.3 is 0 Å². The smallest absolute Gasteiger partial charge is 0.139 e. The van der Waals surface area contributed by atoms with Gasteiger partial charge in [0, 0.05) is 11.5 Å². The summed E-state index contributed by atoms with van der Waals surface area (Å²) >= 11 is 5.54. The van der Waals surface area contributed by atoms with Gasteiger partial charge >= 0.3 is 0 Å². The molecule has 2 heteroatoms. The molecular weight excluding hydrogens is 211 g/mol. The Balaban J connectivity index is 2.79. The number of aryl methyl sites for hydroxylation is 1. The third-order valence-corrected chi connectivity index (χ3v) is 2.61. The lowest BCUT2D eigenvalue weighted by atomic mass is 9.99. The van der Waals surface area contributed by atoms with Crippen LogP contribution in [0.4, 0.5) is 4.39 Å². The third-order valence-electron chi connectivity index (χ3n) is 2.38. The Kier molecular flexibility index (Phi) is 4.83. The van der Waals surface area contributed by atoms with Gasteiger partial charge in [0.05, 0.1) is 0 Å². The highest BCUT2D eigenvalue weighted by molar-refractivity contribution is 6.29. The van der Waals surface area contributed by atoms with Crippen LogP contribution in [0.1, 0.15) is 24.5 Å². The minimum absolute atomic E-state index is 0.0845. The molecule has 1 aromatic rings. The summed E-state index contributed by atoms with van der Waals surface area (Å²) < 4.78 is 13.4. The van der Waals surface area contributed by atoms with Crippen molar-refractivity contribution in [2.45, 2.75) is 32.4 Å². The molecule has 0 fully saturated rings. The van der Waals surface area contributed by atoms with Crippen LogP contribution >= 0.6 is 11.6 Å². The zero-order chi connectivity index (χ0) is 11.3. The molecule has 0 aliphatic heterocycles. The number of hydrogen-bond donors (Lipinski definition) is 0.